The van der Waals surface area contributed by atoms with Crippen molar-refractivity contribution < 1.29 is 14.3 Å². The van der Waals surface area contributed by atoms with Crippen molar-refractivity contribution in [3.8, 4) is 0 Å². The van der Waals surface area contributed by atoms with Crippen LogP contribution in [0, 0.1) is 0 Å². The largest absolute Gasteiger partial charge is 0.467 e. The van der Waals surface area contributed by atoms with Crippen LogP contribution in [0.3, 0.4) is 0 Å². The molecule has 0 saturated carbocycles. The Labute approximate surface area is 125 Å². The Morgan fingerprint density at radius 2 is 2.15 bits per heavy atom. The fraction of sp³-hybridized carbons (Fsp3) is 0.286. The molecule has 1 unspecified atom stereocenters. The molecule has 1 atom stereocenters. The Hall–Kier alpha value is -1.82. The number of halogens is 1. The Morgan fingerprint density at radius 3 is 2.85 bits per heavy atom. The maximum atomic E-state index is 11.9. The molecule has 1 aromatic carbocycles. The number of nitrogens with zero attached hydrogens (tertiary/aromatic N) is 1. The SMILES string of the molecule is COC(=O)C(C)NC(=O)Cn1ccc2cc(Br)ccc21. The number of rotatable bonds is 4. The third-order valence-corrected chi connectivity index (χ3v) is 3.47. The van der Waals surface area contributed by atoms with E-state index in [0.717, 1.165) is 15.4 Å². The van der Waals surface area contributed by atoms with Gasteiger partial charge in [0.2, 0.25) is 5.91 Å². The Bertz CT molecular complexity index is 651. The van der Waals surface area contributed by atoms with E-state index in [-0.39, 0.29) is 12.5 Å². The Balaban J connectivity index is 2.08. The van der Waals surface area contributed by atoms with Crippen LogP contribution >= 0.6 is 15.9 Å². The van der Waals surface area contributed by atoms with Gasteiger partial charge in [-0.25, -0.2) is 4.79 Å². The average molecular weight is 339 g/mol. The van der Waals surface area contributed by atoms with Crippen LogP contribution in [0.25, 0.3) is 10.9 Å². The monoisotopic (exact) mass is 338 g/mol. The van der Waals surface area contributed by atoms with Crippen molar-refractivity contribution in [2.45, 2.75) is 19.5 Å². The lowest BCUT2D eigenvalue weighted by atomic mass is 10.2. The number of aromatic nitrogens is 1. The fourth-order valence-electron chi connectivity index (χ4n) is 1.99. The first-order valence-electron chi connectivity index (χ1n) is 6.13. The summed E-state index contributed by atoms with van der Waals surface area (Å²) in [6.45, 7) is 1.75. The molecule has 20 heavy (non-hydrogen) atoms. The first kappa shape index (κ1) is 14.6. The van der Waals surface area contributed by atoms with Crippen LogP contribution in [-0.2, 0) is 20.9 Å². The van der Waals surface area contributed by atoms with Gasteiger partial charge in [-0.1, -0.05) is 15.9 Å². The minimum absolute atomic E-state index is 0.159. The number of ether oxygens (including phenoxy) is 1. The van der Waals surface area contributed by atoms with Crippen LogP contribution in [0.5, 0.6) is 0 Å². The molecule has 1 heterocycles. The summed E-state index contributed by atoms with van der Waals surface area (Å²) in [7, 11) is 1.29. The number of nitrogens with one attached hydrogen (secondary N) is 1. The predicted octanol–water partition coefficient (Wildman–Crippen LogP) is 2.08. The highest BCUT2D eigenvalue weighted by Crippen LogP contribution is 2.20. The number of amides is 1. The highest BCUT2D eigenvalue weighted by atomic mass is 79.9. The molecular weight excluding hydrogens is 324 g/mol. The van der Waals surface area contributed by atoms with Crippen LogP contribution in [0.1, 0.15) is 6.92 Å². The van der Waals surface area contributed by atoms with Crippen molar-refractivity contribution in [3.63, 3.8) is 0 Å². The Morgan fingerprint density at radius 1 is 1.40 bits per heavy atom. The maximum absolute atomic E-state index is 11.9. The number of carbonyl (C=O) groups excluding carboxylic acids is 2. The summed E-state index contributed by atoms with van der Waals surface area (Å²) in [5, 5.41) is 3.65. The molecule has 0 aliphatic carbocycles. The summed E-state index contributed by atoms with van der Waals surface area (Å²) in [6.07, 6.45) is 1.85. The number of carbonyl (C=O) groups is 2. The first-order valence-corrected chi connectivity index (χ1v) is 6.92. The number of benzene rings is 1. The highest BCUT2D eigenvalue weighted by Gasteiger charge is 2.16. The van der Waals surface area contributed by atoms with Crippen molar-refractivity contribution in [2.24, 2.45) is 0 Å². The van der Waals surface area contributed by atoms with E-state index in [1.807, 2.05) is 35.0 Å². The van der Waals surface area contributed by atoms with Crippen LogP contribution in [0.2, 0.25) is 0 Å². The van der Waals surface area contributed by atoms with Gasteiger partial charge in [0.15, 0.2) is 0 Å². The molecule has 1 amide bonds. The van der Waals surface area contributed by atoms with Crippen molar-refractivity contribution in [1.82, 2.24) is 9.88 Å². The minimum atomic E-state index is -0.650. The minimum Gasteiger partial charge on any atom is -0.467 e. The summed E-state index contributed by atoms with van der Waals surface area (Å²) in [5.74, 6) is -0.692. The normalized spacial score (nSPS) is 12.2. The van der Waals surface area contributed by atoms with Crippen molar-refractivity contribution in [3.05, 3.63) is 34.9 Å². The highest BCUT2D eigenvalue weighted by molar-refractivity contribution is 9.10. The maximum Gasteiger partial charge on any atom is 0.328 e. The number of hydrogen-bond donors (Lipinski definition) is 1. The third-order valence-electron chi connectivity index (χ3n) is 2.98. The molecule has 0 saturated heterocycles. The van der Waals surface area contributed by atoms with E-state index in [1.165, 1.54) is 7.11 Å². The molecule has 0 bridgehead atoms. The second-order valence-corrected chi connectivity index (χ2v) is 5.37. The molecular formula is C14H15BrN2O3. The lowest BCUT2D eigenvalue weighted by molar-refractivity contribution is -0.144. The standard InChI is InChI=1S/C14H15BrN2O3/c1-9(14(19)20-2)16-13(18)8-17-6-5-10-7-11(15)3-4-12(10)17/h3-7,9H,8H2,1-2H3,(H,16,18). The van der Waals surface area contributed by atoms with E-state index in [2.05, 4.69) is 26.0 Å². The number of hydrogen-bond acceptors (Lipinski definition) is 3. The molecule has 0 fully saturated rings. The van der Waals surface area contributed by atoms with Crippen molar-refractivity contribution in [2.75, 3.05) is 7.11 Å². The predicted molar refractivity (Wildman–Crippen MR) is 79.3 cm³/mol. The molecule has 2 aromatic rings. The van der Waals surface area contributed by atoms with Crippen LogP contribution in [0.15, 0.2) is 34.9 Å². The zero-order valence-corrected chi connectivity index (χ0v) is 12.8. The summed E-state index contributed by atoms with van der Waals surface area (Å²) >= 11 is 3.41. The molecule has 2 rings (SSSR count). The molecule has 0 radical (unpaired) electrons. The smallest absolute Gasteiger partial charge is 0.328 e. The van der Waals surface area contributed by atoms with E-state index in [0.29, 0.717) is 0 Å². The van der Waals surface area contributed by atoms with Gasteiger partial charge in [-0.2, -0.15) is 0 Å². The molecule has 106 valence electrons. The molecule has 0 aliphatic heterocycles. The number of fused-ring (bicyclic) bond motifs is 1. The van der Waals surface area contributed by atoms with Gasteiger partial charge < -0.3 is 14.6 Å². The molecule has 1 aromatic heterocycles. The first-order chi connectivity index (χ1) is 9.51. The van der Waals surface area contributed by atoms with Gasteiger partial charge in [0.05, 0.1) is 7.11 Å². The van der Waals surface area contributed by atoms with Crippen LogP contribution in [-0.4, -0.2) is 29.6 Å². The number of methoxy groups -OCH3 is 1. The quantitative estimate of drug-likeness (QED) is 0.868. The lowest BCUT2D eigenvalue weighted by Gasteiger charge is -2.12. The van der Waals surface area contributed by atoms with Gasteiger partial charge >= 0.3 is 5.97 Å². The van der Waals surface area contributed by atoms with Gasteiger partial charge in [-0.15, -0.1) is 0 Å². The summed E-state index contributed by atoms with van der Waals surface area (Å²) in [6, 6.07) is 7.14. The summed E-state index contributed by atoms with van der Waals surface area (Å²) < 4.78 is 7.39. The van der Waals surface area contributed by atoms with Gasteiger partial charge in [-0.05, 0) is 31.2 Å². The topological polar surface area (TPSA) is 60.3 Å². The lowest BCUT2D eigenvalue weighted by Crippen LogP contribution is -2.40. The van der Waals surface area contributed by atoms with E-state index < -0.39 is 12.0 Å². The van der Waals surface area contributed by atoms with E-state index in [9.17, 15) is 9.59 Å². The molecule has 6 heteroatoms. The van der Waals surface area contributed by atoms with Crippen molar-refractivity contribution in [1.29, 1.82) is 0 Å². The fourth-order valence-corrected chi connectivity index (χ4v) is 2.37. The third kappa shape index (κ3) is 3.19. The summed E-state index contributed by atoms with van der Waals surface area (Å²) in [4.78, 5) is 23.2. The molecule has 5 nitrogen and oxygen atoms in total. The van der Waals surface area contributed by atoms with Crippen LogP contribution < -0.4 is 5.32 Å². The zero-order chi connectivity index (χ0) is 14.7. The molecule has 0 aliphatic rings. The zero-order valence-electron chi connectivity index (χ0n) is 11.2. The summed E-state index contributed by atoms with van der Waals surface area (Å²) in [5.41, 5.74) is 0.967. The Kier molecular flexibility index (Phi) is 4.44. The van der Waals surface area contributed by atoms with Gasteiger partial charge in [-0.3, -0.25) is 4.79 Å². The average Bonchev–Trinajstić information content (AvgIpc) is 2.79. The van der Waals surface area contributed by atoms with Gasteiger partial charge in [0, 0.05) is 21.6 Å². The second-order valence-electron chi connectivity index (χ2n) is 4.46. The molecule has 1 N–H and O–H groups in total. The van der Waals surface area contributed by atoms with Gasteiger partial charge in [0.1, 0.15) is 12.6 Å². The van der Waals surface area contributed by atoms with Crippen molar-refractivity contribution >= 4 is 38.7 Å². The van der Waals surface area contributed by atoms with E-state index in [4.69, 9.17) is 0 Å². The van der Waals surface area contributed by atoms with E-state index >= 15 is 0 Å². The second kappa shape index (κ2) is 6.09. The van der Waals surface area contributed by atoms with Crippen LogP contribution in [0.4, 0.5) is 0 Å². The van der Waals surface area contributed by atoms with Gasteiger partial charge in [0.25, 0.3) is 0 Å². The number of esters is 1. The molecule has 0 spiro atoms. The van der Waals surface area contributed by atoms with E-state index in [1.54, 1.807) is 6.92 Å².